The zero-order valence-electron chi connectivity index (χ0n) is 10.0. The van der Waals surface area contributed by atoms with Crippen LogP contribution in [0.25, 0.3) is 0 Å². The van der Waals surface area contributed by atoms with E-state index in [1.165, 1.54) is 23.3 Å². The van der Waals surface area contributed by atoms with Crippen LogP contribution in [0.2, 0.25) is 0 Å². The molecule has 0 aliphatic carbocycles. The molecular weight excluding hydrogens is 320 g/mol. The van der Waals surface area contributed by atoms with Gasteiger partial charge in [0.2, 0.25) is 0 Å². The van der Waals surface area contributed by atoms with Crippen molar-refractivity contribution in [2.45, 2.75) is 12.5 Å². The number of carbonyl (C=O) groups excluding carboxylic acids is 2. The molecule has 1 fully saturated rings. The minimum absolute atomic E-state index is 0.237. The number of nitrogens with zero attached hydrogens (tertiary/aromatic N) is 1. The first-order valence-corrected chi connectivity index (χ1v) is 6.99. The topological polar surface area (TPSA) is 58.6 Å². The molecule has 0 saturated carbocycles. The fourth-order valence-electron chi connectivity index (χ4n) is 1.83. The zero-order valence-corrected chi connectivity index (χ0v) is 12.4. The van der Waals surface area contributed by atoms with Gasteiger partial charge in [0.25, 0.3) is 5.91 Å². The summed E-state index contributed by atoms with van der Waals surface area (Å²) in [4.78, 5) is 26.2. The fraction of sp³-hybridized carbons (Fsp3) is 0.455. The summed E-state index contributed by atoms with van der Waals surface area (Å²) in [5.74, 6) is -0.237. The van der Waals surface area contributed by atoms with E-state index < -0.39 is 5.54 Å². The number of thiophene rings is 1. The number of urea groups is 1. The van der Waals surface area contributed by atoms with E-state index in [0.29, 0.717) is 6.61 Å². The molecule has 1 N–H and O–H groups in total. The predicted octanol–water partition coefficient (Wildman–Crippen LogP) is 1.92. The van der Waals surface area contributed by atoms with E-state index in [1.54, 1.807) is 6.92 Å². The Kier molecular flexibility index (Phi) is 3.74. The molecule has 1 aromatic rings. The molecule has 1 atom stereocenters. The van der Waals surface area contributed by atoms with Gasteiger partial charge in [0.1, 0.15) is 0 Å². The van der Waals surface area contributed by atoms with E-state index in [2.05, 4.69) is 21.2 Å². The van der Waals surface area contributed by atoms with Gasteiger partial charge in [-0.25, -0.2) is 4.79 Å². The lowest BCUT2D eigenvalue weighted by Gasteiger charge is -2.19. The van der Waals surface area contributed by atoms with Gasteiger partial charge in [-0.3, -0.25) is 9.69 Å². The van der Waals surface area contributed by atoms with E-state index in [0.717, 1.165) is 8.66 Å². The number of methoxy groups -OCH3 is 1. The summed E-state index contributed by atoms with van der Waals surface area (Å²) in [6, 6.07) is 3.33. The van der Waals surface area contributed by atoms with E-state index in [4.69, 9.17) is 4.74 Å². The molecule has 0 spiro atoms. The Morgan fingerprint density at radius 2 is 2.22 bits per heavy atom. The Labute approximate surface area is 117 Å². The standard InChI is InChI=1S/C11H13BrN2O3S/c1-11(7-3-4-8(12)18-7)9(15)14(5-6-17-2)10(16)13-11/h3-4H,5-6H2,1-2H3,(H,13,16). The lowest BCUT2D eigenvalue weighted by molar-refractivity contribution is -0.131. The molecule has 1 aliphatic heterocycles. The van der Waals surface area contributed by atoms with Crippen LogP contribution in [0.15, 0.2) is 15.9 Å². The monoisotopic (exact) mass is 332 g/mol. The highest BCUT2D eigenvalue weighted by atomic mass is 79.9. The normalized spacial score (nSPS) is 23.6. The molecule has 3 amide bonds. The van der Waals surface area contributed by atoms with Crippen molar-refractivity contribution in [1.29, 1.82) is 0 Å². The largest absolute Gasteiger partial charge is 0.383 e. The highest BCUT2D eigenvalue weighted by molar-refractivity contribution is 9.11. The Hall–Kier alpha value is -0.920. The maximum Gasteiger partial charge on any atom is 0.325 e. The molecule has 0 radical (unpaired) electrons. The summed E-state index contributed by atoms with van der Waals surface area (Å²) in [5, 5.41) is 2.74. The Morgan fingerprint density at radius 3 is 2.78 bits per heavy atom. The summed E-state index contributed by atoms with van der Waals surface area (Å²) in [6.45, 7) is 2.32. The highest BCUT2D eigenvalue weighted by Crippen LogP contribution is 2.35. The molecule has 1 saturated heterocycles. The SMILES string of the molecule is COCCN1C(=O)NC(C)(c2ccc(Br)s2)C1=O. The van der Waals surface area contributed by atoms with Gasteiger partial charge < -0.3 is 10.1 Å². The van der Waals surface area contributed by atoms with Crippen LogP contribution in [0.5, 0.6) is 0 Å². The second-order valence-electron chi connectivity index (χ2n) is 4.11. The third-order valence-electron chi connectivity index (χ3n) is 2.86. The van der Waals surface area contributed by atoms with Crippen molar-refractivity contribution >= 4 is 39.2 Å². The van der Waals surface area contributed by atoms with Crippen molar-refractivity contribution in [2.24, 2.45) is 0 Å². The molecule has 1 aliphatic rings. The van der Waals surface area contributed by atoms with Gasteiger partial charge in [-0.1, -0.05) is 0 Å². The van der Waals surface area contributed by atoms with Crippen molar-refractivity contribution in [2.75, 3.05) is 20.3 Å². The smallest absolute Gasteiger partial charge is 0.325 e. The van der Waals surface area contributed by atoms with Crippen LogP contribution in [-0.4, -0.2) is 37.1 Å². The quantitative estimate of drug-likeness (QED) is 0.857. The number of hydrogen-bond acceptors (Lipinski definition) is 4. The van der Waals surface area contributed by atoms with Crippen LogP contribution in [0.1, 0.15) is 11.8 Å². The molecule has 98 valence electrons. The van der Waals surface area contributed by atoms with Crippen molar-refractivity contribution in [3.63, 3.8) is 0 Å². The van der Waals surface area contributed by atoms with Gasteiger partial charge in [0, 0.05) is 12.0 Å². The number of nitrogens with one attached hydrogen (secondary N) is 1. The van der Waals surface area contributed by atoms with E-state index in [9.17, 15) is 9.59 Å². The number of carbonyl (C=O) groups is 2. The van der Waals surface area contributed by atoms with Crippen LogP contribution in [0, 0.1) is 0 Å². The van der Waals surface area contributed by atoms with Gasteiger partial charge in [-0.05, 0) is 35.0 Å². The fourth-order valence-corrected chi connectivity index (χ4v) is 3.31. The van der Waals surface area contributed by atoms with E-state index in [-0.39, 0.29) is 18.5 Å². The Morgan fingerprint density at radius 1 is 1.50 bits per heavy atom. The maximum absolute atomic E-state index is 12.3. The molecule has 5 nitrogen and oxygen atoms in total. The molecule has 2 heterocycles. The third-order valence-corrected chi connectivity index (χ3v) is 4.71. The minimum Gasteiger partial charge on any atom is -0.383 e. The first kappa shape index (κ1) is 13.5. The second-order valence-corrected chi connectivity index (χ2v) is 6.57. The molecule has 2 rings (SSSR count). The summed E-state index contributed by atoms with van der Waals surface area (Å²) in [5.41, 5.74) is -0.971. The average Bonchev–Trinajstić information content (AvgIpc) is 2.83. The molecule has 7 heteroatoms. The van der Waals surface area contributed by atoms with Crippen LogP contribution >= 0.6 is 27.3 Å². The minimum atomic E-state index is -0.971. The average molecular weight is 333 g/mol. The molecule has 0 bridgehead atoms. The number of halogens is 1. The van der Waals surface area contributed by atoms with Crippen molar-refractivity contribution < 1.29 is 14.3 Å². The molecule has 1 unspecified atom stereocenters. The Balaban J connectivity index is 2.25. The molecule has 18 heavy (non-hydrogen) atoms. The number of rotatable bonds is 4. The van der Waals surface area contributed by atoms with Crippen LogP contribution < -0.4 is 5.32 Å². The van der Waals surface area contributed by atoms with Gasteiger partial charge in [0.15, 0.2) is 5.54 Å². The first-order chi connectivity index (χ1) is 8.49. The summed E-state index contributed by atoms with van der Waals surface area (Å²) in [7, 11) is 1.54. The first-order valence-electron chi connectivity index (χ1n) is 5.38. The van der Waals surface area contributed by atoms with Crippen molar-refractivity contribution in [3.05, 3.63) is 20.8 Å². The van der Waals surface area contributed by atoms with Gasteiger partial charge in [0.05, 0.1) is 16.9 Å². The Bertz CT molecular complexity index is 490. The lowest BCUT2D eigenvalue weighted by Crippen LogP contribution is -2.40. The van der Waals surface area contributed by atoms with Crippen LogP contribution in [0.4, 0.5) is 4.79 Å². The molecule has 1 aromatic heterocycles. The summed E-state index contributed by atoms with van der Waals surface area (Å²) >= 11 is 4.80. The summed E-state index contributed by atoms with van der Waals surface area (Å²) in [6.07, 6.45) is 0. The maximum atomic E-state index is 12.3. The molecule has 0 aromatic carbocycles. The van der Waals surface area contributed by atoms with Crippen LogP contribution in [0.3, 0.4) is 0 Å². The second kappa shape index (κ2) is 4.99. The predicted molar refractivity (Wildman–Crippen MR) is 71.5 cm³/mol. The van der Waals surface area contributed by atoms with Gasteiger partial charge in [-0.15, -0.1) is 11.3 Å². The van der Waals surface area contributed by atoms with Gasteiger partial charge >= 0.3 is 6.03 Å². The van der Waals surface area contributed by atoms with Crippen LogP contribution in [-0.2, 0) is 15.1 Å². The number of amides is 3. The zero-order chi connectivity index (χ0) is 13.3. The number of ether oxygens (including phenoxy) is 1. The highest BCUT2D eigenvalue weighted by Gasteiger charge is 2.49. The van der Waals surface area contributed by atoms with E-state index in [1.807, 2.05) is 12.1 Å². The van der Waals surface area contributed by atoms with Crippen molar-refractivity contribution in [3.8, 4) is 0 Å². The van der Waals surface area contributed by atoms with E-state index >= 15 is 0 Å². The third kappa shape index (κ3) is 2.17. The molecular formula is C11H13BrN2O3S. The lowest BCUT2D eigenvalue weighted by atomic mass is 10.0. The number of imide groups is 1. The van der Waals surface area contributed by atoms with Gasteiger partial charge in [-0.2, -0.15) is 0 Å². The number of hydrogen-bond donors (Lipinski definition) is 1. The summed E-state index contributed by atoms with van der Waals surface area (Å²) < 4.78 is 5.83. The van der Waals surface area contributed by atoms with Crippen molar-refractivity contribution in [1.82, 2.24) is 10.2 Å².